The van der Waals surface area contributed by atoms with Gasteiger partial charge in [-0.1, -0.05) is 29.4 Å². The van der Waals surface area contributed by atoms with Crippen LogP contribution < -0.4 is 15.6 Å². The first-order chi connectivity index (χ1) is 14.5. The average molecular weight is 442 g/mol. The third-order valence-electron chi connectivity index (χ3n) is 4.63. The van der Waals surface area contributed by atoms with Crippen LogP contribution in [0.4, 0.5) is 0 Å². The predicted molar refractivity (Wildman–Crippen MR) is 116 cm³/mol. The lowest BCUT2D eigenvalue weighted by atomic mass is 10.2. The number of carbonyl (C=O) groups is 1. The van der Waals surface area contributed by atoms with E-state index >= 15 is 0 Å². The number of aryl methyl sites for hydroxylation is 1. The van der Waals surface area contributed by atoms with E-state index in [1.165, 1.54) is 4.57 Å². The molecule has 4 aromatic rings. The van der Waals surface area contributed by atoms with E-state index in [0.717, 1.165) is 11.3 Å². The fourth-order valence-electron chi connectivity index (χ4n) is 3.02. The average Bonchev–Trinajstić information content (AvgIpc) is 3.24. The van der Waals surface area contributed by atoms with E-state index in [1.807, 2.05) is 30.3 Å². The van der Waals surface area contributed by atoms with Gasteiger partial charge in [0.05, 0.1) is 24.6 Å². The van der Waals surface area contributed by atoms with Gasteiger partial charge in [-0.05, 0) is 36.8 Å². The molecular formula is C21H20ClN5O4. The number of carbonyl (C=O) groups excluding carboxylic acids is 1. The molecule has 0 aliphatic rings. The number of nitrogens with one attached hydrogen (secondary N) is 1. The van der Waals surface area contributed by atoms with Crippen LogP contribution >= 0.6 is 12.4 Å². The van der Waals surface area contributed by atoms with E-state index in [0.29, 0.717) is 23.3 Å². The number of fused-ring (bicyclic) bond motifs is 1. The minimum Gasteiger partial charge on any atom is -0.497 e. The number of benzene rings is 2. The Morgan fingerprint density at radius 3 is 2.61 bits per heavy atom. The maximum atomic E-state index is 12.7. The molecule has 2 heterocycles. The molecule has 2 aromatic heterocycles. The summed E-state index contributed by atoms with van der Waals surface area (Å²) in [5.41, 5.74) is 1.32. The summed E-state index contributed by atoms with van der Waals surface area (Å²) in [6, 6.07) is 14.4. The van der Waals surface area contributed by atoms with E-state index in [1.54, 1.807) is 32.2 Å². The number of hydrogen-bond acceptors (Lipinski definition) is 7. The van der Waals surface area contributed by atoms with Crippen LogP contribution in [0.15, 0.2) is 57.8 Å². The second kappa shape index (κ2) is 9.40. The zero-order chi connectivity index (χ0) is 21.1. The highest BCUT2D eigenvalue weighted by Gasteiger charge is 2.17. The summed E-state index contributed by atoms with van der Waals surface area (Å²) < 4.78 is 11.6. The van der Waals surface area contributed by atoms with Crippen molar-refractivity contribution in [3.63, 3.8) is 0 Å². The first-order valence-corrected chi connectivity index (χ1v) is 9.25. The molecule has 0 aliphatic carbocycles. The molecule has 10 heteroatoms. The van der Waals surface area contributed by atoms with Gasteiger partial charge in [-0.2, -0.15) is 4.98 Å². The maximum Gasteiger partial charge on any atom is 0.316 e. The van der Waals surface area contributed by atoms with Crippen LogP contribution in [0.2, 0.25) is 0 Å². The fraction of sp³-hybridized carbons (Fsp3) is 0.190. The molecule has 0 saturated heterocycles. The molecule has 9 nitrogen and oxygen atoms in total. The lowest BCUT2D eigenvalue weighted by Crippen LogP contribution is -2.25. The maximum absolute atomic E-state index is 12.7. The second-order valence-corrected chi connectivity index (χ2v) is 6.61. The molecule has 0 radical (unpaired) electrons. The molecular weight excluding hydrogens is 422 g/mol. The first-order valence-electron chi connectivity index (χ1n) is 9.25. The van der Waals surface area contributed by atoms with Crippen LogP contribution in [0.1, 0.15) is 27.9 Å². The van der Waals surface area contributed by atoms with Crippen LogP contribution in [0.3, 0.4) is 0 Å². The van der Waals surface area contributed by atoms with Crippen molar-refractivity contribution in [1.29, 1.82) is 0 Å². The van der Waals surface area contributed by atoms with Crippen molar-refractivity contribution in [3.8, 4) is 5.75 Å². The minimum atomic E-state index is -0.495. The highest BCUT2D eigenvalue weighted by molar-refractivity contribution is 5.89. The summed E-state index contributed by atoms with van der Waals surface area (Å²) in [5.74, 6) is 0.810. The third kappa shape index (κ3) is 4.72. The Labute approximate surface area is 183 Å². The summed E-state index contributed by atoms with van der Waals surface area (Å²) >= 11 is 0. The summed E-state index contributed by atoms with van der Waals surface area (Å²) in [4.78, 5) is 33.6. The Kier molecular flexibility index (Phi) is 6.66. The lowest BCUT2D eigenvalue weighted by Gasteiger charge is -2.08. The molecule has 0 bridgehead atoms. The van der Waals surface area contributed by atoms with Gasteiger partial charge in [0.15, 0.2) is 5.82 Å². The summed E-state index contributed by atoms with van der Waals surface area (Å²) in [5, 5.41) is 7.05. The number of aromatic nitrogens is 4. The molecule has 2 aromatic carbocycles. The van der Waals surface area contributed by atoms with E-state index in [-0.39, 0.29) is 36.2 Å². The number of methoxy groups -OCH3 is 1. The quantitative estimate of drug-likeness (QED) is 0.489. The Morgan fingerprint density at radius 2 is 1.87 bits per heavy atom. The predicted octanol–water partition coefficient (Wildman–Crippen LogP) is 2.50. The molecule has 4 rings (SSSR count). The van der Waals surface area contributed by atoms with Gasteiger partial charge >= 0.3 is 11.8 Å². The highest BCUT2D eigenvalue weighted by Crippen LogP contribution is 2.11. The Hall–Kier alpha value is -3.72. The normalized spacial score (nSPS) is 10.5. The summed E-state index contributed by atoms with van der Waals surface area (Å²) in [6.07, 6.45) is 0. The molecule has 31 heavy (non-hydrogen) atoms. The molecule has 1 amide bonds. The largest absolute Gasteiger partial charge is 0.497 e. The Morgan fingerprint density at radius 1 is 1.13 bits per heavy atom. The van der Waals surface area contributed by atoms with Crippen molar-refractivity contribution in [3.05, 3.63) is 82.0 Å². The first kappa shape index (κ1) is 22.0. The van der Waals surface area contributed by atoms with Crippen LogP contribution in [0.5, 0.6) is 5.75 Å². The van der Waals surface area contributed by atoms with E-state index < -0.39 is 5.91 Å². The van der Waals surface area contributed by atoms with Crippen LogP contribution in [0.25, 0.3) is 10.9 Å². The third-order valence-corrected chi connectivity index (χ3v) is 4.63. The lowest BCUT2D eigenvalue weighted by molar-refractivity contribution is 0.0907. The van der Waals surface area contributed by atoms with E-state index in [2.05, 4.69) is 20.4 Å². The zero-order valence-electron chi connectivity index (χ0n) is 16.9. The van der Waals surface area contributed by atoms with Crippen LogP contribution in [-0.2, 0) is 13.1 Å². The molecule has 0 spiro atoms. The van der Waals surface area contributed by atoms with Gasteiger partial charge in [-0.25, -0.2) is 4.98 Å². The SMILES string of the molecule is COc1ccc(CNC(=O)c2nc(Cn3c(C)nc4ccccc4c3=O)no2)cc1.Cl. The number of para-hydroxylation sites is 1. The topological polar surface area (TPSA) is 112 Å². The van der Waals surface area contributed by atoms with Crippen molar-refractivity contribution >= 4 is 29.2 Å². The second-order valence-electron chi connectivity index (χ2n) is 6.61. The number of ether oxygens (including phenoxy) is 1. The van der Waals surface area contributed by atoms with Crippen molar-refractivity contribution < 1.29 is 14.1 Å². The fourth-order valence-corrected chi connectivity index (χ4v) is 3.02. The Bertz CT molecular complexity index is 1270. The van der Waals surface area contributed by atoms with Crippen molar-refractivity contribution in [2.75, 3.05) is 7.11 Å². The monoisotopic (exact) mass is 441 g/mol. The summed E-state index contributed by atoms with van der Waals surface area (Å²) in [7, 11) is 1.59. The van der Waals surface area contributed by atoms with Gasteiger partial charge in [0.25, 0.3) is 5.56 Å². The number of rotatable bonds is 6. The van der Waals surface area contributed by atoms with Crippen molar-refractivity contribution in [2.45, 2.75) is 20.0 Å². The smallest absolute Gasteiger partial charge is 0.316 e. The van der Waals surface area contributed by atoms with Gasteiger partial charge in [-0.3, -0.25) is 14.2 Å². The molecule has 0 saturated carbocycles. The molecule has 0 aliphatic heterocycles. The van der Waals surface area contributed by atoms with E-state index in [9.17, 15) is 9.59 Å². The van der Waals surface area contributed by atoms with Crippen LogP contribution in [0, 0.1) is 6.92 Å². The van der Waals surface area contributed by atoms with Gasteiger partial charge < -0.3 is 14.6 Å². The minimum absolute atomic E-state index is 0. The standard InChI is InChI=1S/C21H19N5O4.ClH/c1-13-23-17-6-4-3-5-16(17)21(28)26(13)12-18-24-20(30-25-18)19(27)22-11-14-7-9-15(29-2)10-8-14;/h3-10H,11-12H2,1-2H3,(H,22,27);1H. The van der Waals surface area contributed by atoms with Crippen molar-refractivity contribution in [1.82, 2.24) is 25.0 Å². The van der Waals surface area contributed by atoms with Crippen LogP contribution in [-0.4, -0.2) is 32.7 Å². The highest BCUT2D eigenvalue weighted by atomic mass is 35.5. The van der Waals surface area contributed by atoms with Gasteiger partial charge in [-0.15, -0.1) is 12.4 Å². The molecule has 160 valence electrons. The van der Waals surface area contributed by atoms with E-state index in [4.69, 9.17) is 9.26 Å². The van der Waals surface area contributed by atoms with Gasteiger partial charge in [0.1, 0.15) is 11.6 Å². The Balaban J connectivity index is 0.00000272. The van der Waals surface area contributed by atoms with Gasteiger partial charge in [0.2, 0.25) is 0 Å². The number of hydrogen-bond donors (Lipinski definition) is 1. The van der Waals surface area contributed by atoms with Crippen molar-refractivity contribution in [2.24, 2.45) is 0 Å². The molecule has 0 atom stereocenters. The summed E-state index contributed by atoms with van der Waals surface area (Å²) in [6.45, 7) is 2.09. The number of nitrogens with zero attached hydrogens (tertiary/aromatic N) is 4. The molecule has 0 unspecified atom stereocenters. The van der Waals surface area contributed by atoms with Gasteiger partial charge in [0, 0.05) is 6.54 Å². The molecule has 0 fully saturated rings. The zero-order valence-corrected chi connectivity index (χ0v) is 17.7. The number of halogens is 1. The number of amides is 1. The molecule has 1 N–H and O–H groups in total.